The van der Waals surface area contributed by atoms with Gasteiger partial charge in [0.2, 0.25) is 5.91 Å². The van der Waals surface area contributed by atoms with E-state index in [1.54, 1.807) is 36.4 Å². The molecular weight excluding hydrogens is 396 g/mol. The summed E-state index contributed by atoms with van der Waals surface area (Å²) in [5, 5.41) is 2.85. The minimum absolute atomic E-state index is 0.148. The summed E-state index contributed by atoms with van der Waals surface area (Å²) in [6.07, 6.45) is 6.48. The Bertz CT molecular complexity index is 992. The van der Waals surface area contributed by atoms with Crippen molar-refractivity contribution in [2.45, 2.75) is 24.0 Å². The zero-order valence-electron chi connectivity index (χ0n) is 15.6. The molecule has 1 aromatic carbocycles. The van der Waals surface area contributed by atoms with E-state index in [1.165, 1.54) is 15.6 Å². The number of rotatable bonds is 6. The Kier molecular flexibility index (Phi) is 6.39. The topological polar surface area (TPSA) is 75.7 Å². The second-order valence-corrected chi connectivity index (χ2v) is 10.0. The van der Waals surface area contributed by atoms with Gasteiger partial charge < -0.3 is 10.1 Å². The van der Waals surface area contributed by atoms with Crippen LogP contribution in [0, 0.1) is 25.2 Å². The van der Waals surface area contributed by atoms with Crippen LogP contribution in [-0.2, 0) is 14.8 Å². The van der Waals surface area contributed by atoms with Crippen LogP contribution in [0.3, 0.4) is 0 Å². The molecule has 148 valence electrons. The van der Waals surface area contributed by atoms with Gasteiger partial charge in [0.1, 0.15) is 16.6 Å². The molecule has 2 aromatic rings. The fourth-order valence-corrected chi connectivity index (χ4v) is 6.05. The summed E-state index contributed by atoms with van der Waals surface area (Å²) in [7, 11) is -3.56. The van der Waals surface area contributed by atoms with Crippen LogP contribution in [0.5, 0.6) is 5.75 Å². The number of terminal acetylenes is 1. The lowest BCUT2D eigenvalue weighted by atomic mass is 9.98. The monoisotopic (exact) mass is 418 g/mol. The smallest absolute Gasteiger partial charge is 0.252 e. The van der Waals surface area contributed by atoms with E-state index in [1.807, 2.05) is 6.92 Å². The summed E-state index contributed by atoms with van der Waals surface area (Å²) < 4.78 is 32.8. The number of carbonyl (C=O) groups is 1. The van der Waals surface area contributed by atoms with Gasteiger partial charge >= 0.3 is 0 Å². The van der Waals surface area contributed by atoms with Gasteiger partial charge in [0.15, 0.2) is 0 Å². The van der Waals surface area contributed by atoms with Crippen LogP contribution in [0.15, 0.2) is 40.6 Å². The highest BCUT2D eigenvalue weighted by Gasteiger charge is 2.34. The molecule has 1 saturated heterocycles. The fourth-order valence-electron chi connectivity index (χ4n) is 3.09. The third-order valence-corrected chi connectivity index (χ3v) is 7.82. The molecule has 1 N–H and O–H groups in total. The van der Waals surface area contributed by atoms with Crippen molar-refractivity contribution in [2.75, 3.05) is 25.0 Å². The van der Waals surface area contributed by atoms with Crippen molar-refractivity contribution in [3.63, 3.8) is 0 Å². The van der Waals surface area contributed by atoms with E-state index in [2.05, 4.69) is 11.2 Å². The Balaban J connectivity index is 1.67. The molecule has 1 aromatic heterocycles. The average molecular weight is 419 g/mol. The zero-order chi connectivity index (χ0) is 20.1. The number of sulfonamides is 1. The second-order valence-electron chi connectivity index (χ2n) is 6.58. The standard InChI is InChI=1S/C20H22N2O4S2/c1-3-12-26-18-8-4-7-17(13-18)21-20(23)16-6-5-11-22(14-16)28(24,25)19-10-9-15(2)27-19/h1,4,7-10,13,16H,5-6,11-12,14H2,2H3,(H,21,23). The molecule has 8 heteroatoms. The summed E-state index contributed by atoms with van der Waals surface area (Å²) in [6.45, 7) is 2.63. The van der Waals surface area contributed by atoms with Gasteiger partial charge in [-0.25, -0.2) is 8.42 Å². The molecule has 1 fully saturated rings. The van der Waals surface area contributed by atoms with Crippen molar-refractivity contribution < 1.29 is 17.9 Å². The molecule has 2 heterocycles. The third kappa shape index (κ3) is 4.73. The first kappa shape index (κ1) is 20.4. The molecule has 1 aliphatic heterocycles. The molecule has 0 radical (unpaired) electrons. The van der Waals surface area contributed by atoms with Crippen LogP contribution in [0.2, 0.25) is 0 Å². The maximum Gasteiger partial charge on any atom is 0.252 e. The Hall–Kier alpha value is -2.34. The van der Waals surface area contributed by atoms with Gasteiger partial charge in [-0.3, -0.25) is 4.79 Å². The van der Waals surface area contributed by atoms with Gasteiger partial charge in [0, 0.05) is 29.7 Å². The third-order valence-electron chi connectivity index (χ3n) is 4.49. The number of nitrogens with one attached hydrogen (secondary N) is 1. The summed E-state index contributed by atoms with van der Waals surface area (Å²) in [6, 6.07) is 10.4. The van der Waals surface area contributed by atoms with Crippen LogP contribution in [0.1, 0.15) is 17.7 Å². The van der Waals surface area contributed by atoms with Gasteiger partial charge in [0.25, 0.3) is 10.0 Å². The van der Waals surface area contributed by atoms with E-state index in [9.17, 15) is 13.2 Å². The summed E-state index contributed by atoms with van der Waals surface area (Å²) in [5.74, 6) is 2.36. The lowest BCUT2D eigenvalue weighted by Gasteiger charge is -2.30. The summed E-state index contributed by atoms with van der Waals surface area (Å²) in [4.78, 5) is 13.6. The number of anilines is 1. The first-order valence-corrected chi connectivity index (χ1v) is 11.2. The second kappa shape index (κ2) is 8.78. The molecular formula is C20H22N2O4S2. The number of hydrogen-bond donors (Lipinski definition) is 1. The molecule has 1 amide bonds. The molecule has 1 aliphatic rings. The summed E-state index contributed by atoms with van der Waals surface area (Å²) >= 11 is 1.25. The number of thiophene rings is 1. The molecule has 3 rings (SSSR count). The van der Waals surface area contributed by atoms with Gasteiger partial charge in [-0.1, -0.05) is 12.0 Å². The first-order valence-electron chi connectivity index (χ1n) is 8.94. The number of carbonyl (C=O) groups excluding carboxylic acids is 1. The largest absolute Gasteiger partial charge is 0.481 e. The van der Waals surface area contributed by atoms with Crippen molar-refractivity contribution in [3.8, 4) is 18.1 Å². The van der Waals surface area contributed by atoms with Gasteiger partial charge in [0.05, 0.1) is 5.92 Å². The van der Waals surface area contributed by atoms with Crippen LogP contribution in [0.4, 0.5) is 5.69 Å². The first-order chi connectivity index (χ1) is 13.4. The number of nitrogens with zero attached hydrogens (tertiary/aromatic N) is 1. The molecule has 6 nitrogen and oxygen atoms in total. The molecule has 1 unspecified atom stereocenters. The van der Waals surface area contributed by atoms with Gasteiger partial charge in [-0.2, -0.15) is 4.31 Å². The van der Waals surface area contributed by atoms with Gasteiger partial charge in [-0.15, -0.1) is 17.8 Å². The zero-order valence-corrected chi connectivity index (χ0v) is 17.2. The molecule has 0 bridgehead atoms. The highest BCUT2D eigenvalue weighted by molar-refractivity contribution is 7.91. The van der Waals surface area contributed by atoms with E-state index >= 15 is 0 Å². The maximum absolute atomic E-state index is 12.8. The number of amides is 1. The predicted octanol–water partition coefficient (Wildman–Crippen LogP) is 3.11. The Labute approximate surface area is 169 Å². The minimum atomic E-state index is -3.56. The quantitative estimate of drug-likeness (QED) is 0.732. The van der Waals surface area contributed by atoms with Crippen molar-refractivity contribution >= 4 is 33.0 Å². The number of ether oxygens (including phenoxy) is 1. The Morgan fingerprint density at radius 2 is 2.21 bits per heavy atom. The molecule has 0 aliphatic carbocycles. The fraction of sp³-hybridized carbons (Fsp3) is 0.350. The van der Waals surface area contributed by atoms with E-state index < -0.39 is 15.9 Å². The summed E-state index contributed by atoms with van der Waals surface area (Å²) in [5.41, 5.74) is 0.591. The van der Waals surface area contributed by atoms with E-state index in [0.29, 0.717) is 35.0 Å². The van der Waals surface area contributed by atoms with E-state index in [0.717, 1.165) is 4.88 Å². The van der Waals surface area contributed by atoms with Gasteiger partial charge in [-0.05, 0) is 44.0 Å². The average Bonchev–Trinajstić information content (AvgIpc) is 3.14. The predicted molar refractivity (Wildman–Crippen MR) is 110 cm³/mol. The van der Waals surface area contributed by atoms with Crippen molar-refractivity contribution in [1.29, 1.82) is 0 Å². The normalized spacial score (nSPS) is 17.6. The Morgan fingerprint density at radius 3 is 2.93 bits per heavy atom. The molecule has 0 spiro atoms. The SMILES string of the molecule is C#CCOc1cccc(NC(=O)C2CCCN(S(=O)(=O)c3ccc(C)s3)C2)c1. The maximum atomic E-state index is 12.8. The Morgan fingerprint density at radius 1 is 1.39 bits per heavy atom. The lowest BCUT2D eigenvalue weighted by Crippen LogP contribution is -2.43. The molecule has 0 saturated carbocycles. The molecule has 1 atom stereocenters. The van der Waals surface area contributed by atoms with Crippen LogP contribution >= 0.6 is 11.3 Å². The number of aryl methyl sites for hydroxylation is 1. The number of benzene rings is 1. The number of hydrogen-bond acceptors (Lipinski definition) is 5. The highest BCUT2D eigenvalue weighted by atomic mass is 32.2. The van der Waals surface area contributed by atoms with Crippen LogP contribution in [0.25, 0.3) is 0 Å². The van der Waals surface area contributed by atoms with Crippen molar-refractivity contribution in [1.82, 2.24) is 4.31 Å². The van der Waals surface area contributed by atoms with E-state index in [4.69, 9.17) is 11.2 Å². The minimum Gasteiger partial charge on any atom is -0.481 e. The van der Waals surface area contributed by atoms with Crippen molar-refractivity contribution in [3.05, 3.63) is 41.3 Å². The lowest BCUT2D eigenvalue weighted by molar-refractivity contribution is -0.120. The number of piperidine rings is 1. The van der Waals surface area contributed by atoms with Crippen LogP contribution < -0.4 is 10.1 Å². The van der Waals surface area contributed by atoms with Crippen LogP contribution in [-0.4, -0.2) is 38.3 Å². The molecule has 28 heavy (non-hydrogen) atoms. The van der Waals surface area contributed by atoms with E-state index in [-0.39, 0.29) is 19.1 Å². The highest BCUT2D eigenvalue weighted by Crippen LogP contribution is 2.29. The van der Waals surface area contributed by atoms with Crippen molar-refractivity contribution in [2.24, 2.45) is 5.92 Å².